The highest BCUT2D eigenvalue weighted by molar-refractivity contribution is 7.10. The molecule has 0 saturated heterocycles. The zero-order valence-electron chi connectivity index (χ0n) is 10.8. The first-order valence-electron chi connectivity index (χ1n) is 5.90. The van der Waals surface area contributed by atoms with Crippen molar-refractivity contribution >= 4 is 35.0 Å². The number of carbonyl (C=O) groups is 2. The lowest BCUT2D eigenvalue weighted by atomic mass is 10.2. The van der Waals surface area contributed by atoms with E-state index in [1.807, 2.05) is 17.5 Å². The Balaban J connectivity index is 2.02. The molecular formula is C15H13NO3S. The molecule has 2 rings (SSSR count). The van der Waals surface area contributed by atoms with Crippen LogP contribution in [0.2, 0.25) is 0 Å². The second kappa shape index (κ2) is 6.68. The van der Waals surface area contributed by atoms with Gasteiger partial charge in [-0.05, 0) is 35.7 Å². The quantitative estimate of drug-likeness (QED) is 0.694. The molecule has 0 fully saturated rings. The van der Waals surface area contributed by atoms with Crippen LogP contribution in [0.25, 0.3) is 6.08 Å². The van der Waals surface area contributed by atoms with E-state index in [4.69, 9.17) is 0 Å². The maximum absolute atomic E-state index is 11.7. The number of nitrogens with one attached hydrogen (secondary N) is 1. The predicted molar refractivity (Wildman–Crippen MR) is 79.8 cm³/mol. The van der Waals surface area contributed by atoms with Crippen molar-refractivity contribution in [1.82, 2.24) is 0 Å². The summed E-state index contributed by atoms with van der Waals surface area (Å²) >= 11 is 1.55. The van der Waals surface area contributed by atoms with Gasteiger partial charge in [-0.2, -0.15) is 0 Å². The molecule has 0 saturated carbocycles. The van der Waals surface area contributed by atoms with Crippen LogP contribution in [-0.2, 0) is 9.53 Å². The molecule has 0 spiro atoms. The number of esters is 1. The van der Waals surface area contributed by atoms with Gasteiger partial charge in [-0.1, -0.05) is 12.1 Å². The van der Waals surface area contributed by atoms with Gasteiger partial charge in [0.15, 0.2) is 0 Å². The molecular weight excluding hydrogens is 274 g/mol. The monoisotopic (exact) mass is 287 g/mol. The van der Waals surface area contributed by atoms with Gasteiger partial charge in [-0.15, -0.1) is 11.3 Å². The highest BCUT2D eigenvalue weighted by Gasteiger charge is 2.06. The summed E-state index contributed by atoms with van der Waals surface area (Å²) in [4.78, 5) is 24.1. The number of thiophene rings is 1. The van der Waals surface area contributed by atoms with Crippen LogP contribution in [0.4, 0.5) is 5.69 Å². The summed E-state index contributed by atoms with van der Waals surface area (Å²) in [5.74, 6) is -0.685. The molecule has 0 aliphatic heterocycles. The molecule has 0 unspecified atom stereocenters. The normalized spacial score (nSPS) is 10.4. The Hall–Kier alpha value is -2.40. The third-order valence-electron chi connectivity index (χ3n) is 2.49. The second-order valence-corrected chi connectivity index (χ2v) is 4.89. The third-order valence-corrected chi connectivity index (χ3v) is 3.33. The van der Waals surface area contributed by atoms with Crippen molar-refractivity contribution in [2.45, 2.75) is 0 Å². The smallest absolute Gasteiger partial charge is 0.337 e. The second-order valence-electron chi connectivity index (χ2n) is 3.91. The molecule has 20 heavy (non-hydrogen) atoms. The molecule has 2 aromatic rings. The number of benzene rings is 1. The van der Waals surface area contributed by atoms with Crippen LogP contribution >= 0.6 is 11.3 Å². The maximum atomic E-state index is 11.7. The first kappa shape index (κ1) is 14.0. The Kier molecular flexibility index (Phi) is 4.68. The number of rotatable bonds is 4. The van der Waals surface area contributed by atoms with Crippen molar-refractivity contribution in [3.63, 3.8) is 0 Å². The van der Waals surface area contributed by atoms with Crippen LogP contribution in [-0.4, -0.2) is 19.0 Å². The SMILES string of the molecule is COC(=O)c1cccc(NC(=O)C=Cc2cccs2)c1. The van der Waals surface area contributed by atoms with Crippen LogP contribution in [0.3, 0.4) is 0 Å². The molecule has 0 atom stereocenters. The van der Waals surface area contributed by atoms with Gasteiger partial charge in [0.05, 0.1) is 12.7 Å². The van der Waals surface area contributed by atoms with Crippen LogP contribution < -0.4 is 5.32 Å². The van der Waals surface area contributed by atoms with Gasteiger partial charge in [0.1, 0.15) is 0 Å². The van der Waals surface area contributed by atoms with Crippen molar-refractivity contribution in [2.75, 3.05) is 12.4 Å². The molecule has 0 radical (unpaired) electrons. The van der Waals surface area contributed by atoms with Gasteiger partial charge in [0.25, 0.3) is 0 Å². The topological polar surface area (TPSA) is 55.4 Å². The highest BCUT2D eigenvalue weighted by Crippen LogP contribution is 2.13. The minimum Gasteiger partial charge on any atom is -0.465 e. The van der Waals surface area contributed by atoms with Crippen molar-refractivity contribution in [3.8, 4) is 0 Å². The van der Waals surface area contributed by atoms with E-state index in [0.29, 0.717) is 11.3 Å². The number of anilines is 1. The van der Waals surface area contributed by atoms with E-state index < -0.39 is 5.97 Å². The number of amides is 1. The van der Waals surface area contributed by atoms with E-state index in [1.54, 1.807) is 41.7 Å². The van der Waals surface area contributed by atoms with Gasteiger partial charge < -0.3 is 10.1 Å². The zero-order chi connectivity index (χ0) is 14.4. The highest BCUT2D eigenvalue weighted by atomic mass is 32.1. The first-order valence-corrected chi connectivity index (χ1v) is 6.78. The van der Waals surface area contributed by atoms with E-state index in [1.165, 1.54) is 13.2 Å². The lowest BCUT2D eigenvalue weighted by molar-refractivity contribution is -0.111. The van der Waals surface area contributed by atoms with E-state index >= 15 is 0 Å². The summed E-state index contributed by atoms with van der Waals surface area (Å²) in [6, 6.07) is 10.4. The molecule has 0 aliphatic rings. The minimum atomic E-state index is -0.435. The fraction of sp³-hybridized carbons (Fsp3) is 0.0667. The van der Waals surface area contributed by atoms with Gasteiger partial charge in [-0.25, -0.2) is 4.79 Å². The number of hydrogen-bond donors (Lipinski definition) is 1. The molecule has 1 aromatic heterocycles. The molecule has 0 aliphatic carbocycles. The summed E-state index contributed by atoms with van der Waals surface area (Å²) in [6.45, 7) is 0. The summed E-state index contributed by atoms with van der Waals surface area (Å²) in [5, 5.41) is 4.64. The fourth-order valence-electron chi connectivity index (χ4n) is 1.57. The standard InChI is InChI=1S/C15H13NO3S/c1-19-15(18)11-4-2-5-12(10-11)16-14(17)8-7-13-6-3-9-20-13/h2-10H,1H3,(H,16,17). The molecule has 102 valence electrons. The van der Waals surface area contributed by atoms with Crippen LogP contribution in [0.5, 0.6) is 0 Å². The molecule has 1 amide bonds. The largest absolute Gasteiger partial charge is 0.465 e. The predicted octanol–water partition coefficient (Wildman–Crippen LogP) is 3.19. The number of carbonyl (C=O) groups excluding carboxylic acids is 2. The Morgan fingerprint density at radius 3 is 2.80 bits per heavy atom. The molecule has 4 nitrogen and oxygen atoms in total. The number of hydrogen-bond acceptors (Lipinski definition) is 4. The first-order chi connectivity index (χ1) is 9.69. The van der Waals surface area contributed by atoms with Gasteiger partial charge in [0, 0.05) is 16.6 Å². The Morgan fingerprint density at radius 1 is 1.25 bits per heavy atom. The van der Waals surface area contributed by atoms with Crippen LogP contribution in [0.1, 0.15) is 15.2 Å². The summed E-state index contributed by atoms with van der Waals surface area (Å²) in [7, 11) is 1.32. The lowest BCUT2D eigenvalue weighted by Gasteiger charge is -2.04. The number of methoxy groups -OCH3 is 1. The number of ether oxygens (including phenoxy) is 1. The average molecular weight is 287 g/mol. The molecule has 1 N–H and O–H groups in total. The average Bonchev–Trinajstić information content (AvgIpc) is 2.98. The molecule has 5 heteroatoms. The lowest BCUT2D eigenvalue weighted by Crippen LogP contribution is -2.09. The van der Waals surface area contributed by atoms with Crippen molar-refractivity contribution in [1.29, 1.82) is 0 Å². The Labute approximate surface area is 120 Å². The Morgan fingerprint density at radius 2 is 2.10 bits per heavy atom. The van der Waals surface area contributed by atoms with Gasteiger partial charge in [-0.3, -0.25) is 4.79 Å². The molecule has 1 aromatic carbocycles. The Bertz CT molecular complexity index is 632. The minimum absolute atomic E-state index is 0.250. The van der Waals surface area contributed by atoms with Crippen LogP contribution in [0, 0.1) is 0 Å². The van der Waals surface area contributed by atoms with Gasteiger partial charge >= 0.3 is 5.97 Å². The summed E-state index contributed by atoms with van der Waals surface area (Å²) in [6.07, 6.45) is 3.20. The van der Waals surface area contributed by atoms with E-state index in [9.17, 15) is 9.59 Å². The van der Waals surface area contributed by atoms with Crippen molar-refractivity contribution in [3.05, 3.63) is 58.3 Å². The van der Waals surface area contributed by atoms with Crippen molar-refractivity contribution < 1.29 is 14.3 Å². The van der Waals surface area contributed by atoms with Gasteiger partial charge in [0.2, 0.25) is 5.91 Å². The maximum Gasteiger partial charge on any atom is 0.337 e. The molecule has 1 heterocycles. The third kappa shape index (κ3) is 3.80. The van der Waals surface area contributed by atoms with Crippen molar-refractivity contribution in [2.24, 2.45) is 0 Å². The molecule has 0 bridgehead atoms. The fourth-order valence-corrected chi connectivity index (χ4v) is 2.19. The summed E-state index contributed by atoms with van der Waals surface area (Å²) < 4.78 is 4.63. The van der Waals surface area contributed by atoms with E-state index in [-0.39, 0.29) is 5.91 Å². The van der Waals surface area contributed by atoms with E-state index in [2.05, 4.69) is 10.1 Å². The summed E-state index contributed by atoms with van der Waals surface area (Å²) in [5.41, 5.74) is 0.946. The van der Waals surface area contributed by atoms with Crippen LogP contribution in [0.15, 0.2) is 47.9 Å². The zero-order valence-corrected chi connectivity index (χ0v) is 11.6. The van der Waals surface area contributed by atoms with E-state index in [0.717, 1.165) is 4.88 Å².